The second-order valence-electron chi connectivity index (χ2n) is 5.31. The van der Waals surface area contributed by atoms with Crippen LogP contribution in [0.3, 0.4) is 0 Å². The Morgan fingerprint density at radius 1 is 0.818 bits per heavy atom. The number of rotatable bonds is 4. The maximum absolute atomic E-state index is 4.63. The molecule has 1 aliphatic carbocycles. The lowest BCUT2D eigenvalue weighted by atomic mass is 10.2. The van der Waals surface area contributed by atoms with Crippen LogP contribution in [0, 0.1) is 0 Å². The minimum Gasteiger partial charge on any atom is -0.367 e. The number of hydrogen-bond donors (Lipinski definition) is 1. The van der Waals surface area contributed by atoms with E-state index in [0.717, 1.165) is 22.9 Å². The molecule has 22 heavy (non-hydrogen) atoms. The van der Waals surface area contributed by atoms with E-state index in [9.17, 15) is 0 Å². The summed E-state index contributed by atoms with van der Waals surface area (Å²) in [6, 6.07) is 14.0. The second-order valence-corrected chi connectivity index (χ2v) is 5.31. The van der Waals surface area contributed by atoms with Gasteiger partial charge in [0, 0.05) is 24.5 Å². The number of nitrogens with zero attached hydrogens (tertiary/aromatic N) is 4. The Bertz CT molecular complexity index is 712. The van der Waals surface area contributed by atoms with Gasteiger partial charge in [-0.3, -0.25) is 9.97 Å². The molecule has 0 spiro atoms. The lowest BCUT2D eigenvalue weighted by Crippen LogP contribution is -2.06. The molecule has 1 saturated carbocycles. The SMILES string of the molecule is c1ccc(-c2cc(NC3CC3)nc(-c3ccccn3)n2)nc1. The minimum absolute atomic E-state index is 0.531. The van der Waals surface area contributed by atoms with Crippen molar-refractivity contribution in [3.05, 3.63) is 54.9 Å². The Balaban J connectivity index is 1.80. The van der Waals surface area contributed by atoms with E-state index in [2.05, 4.69) is 25.3 Å². The minimum atomic E-state index is 0.531. The fraction of sp³-hybridized carbons (Fsp3) is 0.176. The first-order valence-corrected chi connectivity index (χ1v) is 7.37. The third-order valence-electron chi connectivity index (χ3n) is 3.48. The van der Waals surface area contributed by atoms with Crippen LogP contribution in [0.15, 0.2) is 54.9 Å². The van der Waals surface area contributed by atoms with Gasteiger partial charge in [0.25, 0.3) is 0 Å². The van der Waals surface area contributed by atoms with Gasteiger partial charge >= 0.3 is 0 Å². The average molecular weight is 289 g/mol. The van der Waals surface area contributed by atoms with Crippen molar-refractivity contribution in [2.75, 3.05) is 5.32 Å². The third-order valence-corrected chi connectivity index (χ3v) is 3.48. The van der Waals surface area contributed by atoms with E-state index in [1.165, 1.54) is 12.8 Å². The van der Waals surface area contributed by atoms with E-state index in [0.29, 0.717) is 11.9 Å². The van der Waals surface area contributed by atoms with Gasteiger partial charge in [-0.05, 0) is 37.1 Å². The molecule has 0 bridgehead atoms. The van der Waals surface area contributed by atoms with E-state index >= 15 is 0 Å². The van der Waals surface area contributed by atoms with Crippen LogP contribution in [0.5, 0.6) is 0 Å². The summed E-state index contributed by atoms with van der Waals surface area (Å²) >= 11 is 0. The van der Waals surface area contributed by atoms with Crippen LogP contribution in [-0.4, -0.2) is 26.0 Å². The highest BCUT2D eigenvalue weighted by Crippen LogP contribution is 2.27. The molecule has 0 radical (unpaired) electrons. The molecular formula is C17H15N5. The smallest absolute Gasteiger partial charge is 0.180 e. The van der Waals surface area contributed by atoms with Crippen LogP contribution in [0.25, 0.3) is 22.9 Å². The van der Waals surface area contributed by atoms with Crippen LogP contribution in [-0.2, 0) is 0 Å². The van der Waals surface area contributed by atoms with E-state index in [-0.39, 0.29) is 0 Å². The number of aromatic nitrogens is 4. The predicted octanol–water partition coefficient (Wildman–Crippen LogP) is 3.17. The van der Waals surface area contributed by atoms with Crippen LogP contribution in [0.4, 0.5) is 5.82 Å². The van der Waals surface area contributed by atoms with Gasteiger partial charge in [0.15, 0.2) is 5.82 Å². The van der Waals surface area contributed by atoms with Crippen molar-refractivity contribution in [1.29, 1.82) is 0 Å². The summed E-state index contributed by atoms with van der Waals surface area (Å²) in [6.07, 6.45) is 5.91. The fourth-order valence-electron chi connectivity index (χ4n) is 2.21. The monoisotopic (exact) mass is 289 g/mol. The van der Waals surface area contributed by atoms with Gasteiger partial charge in [0.1, 0.15) is 11.5 Å². The third kappa shape index (κ3) is 2.79. The molecule has 5 heteroatoms. The molecule has 3 aromatic rings. The molecule has 0 saturated heterocycles. The Kier molecular flexibility index (Phi) is 3.23. The van der Waals surface area contributed by atoms with Gasteiger partial charge in [-0.25, -0.2) is 9.97 Å². The zero-order chi connectivity index (χ0) is 14.8. The van der Waals surface area contributed by atoms with Crippen molar-refractivity contribution >= 4 is 5.82 Å². The standard InChI is InChI=1S/C17H15N5/c1-3-9-18-13(5-1)15-11-16(20-12-7-8-12)22-17(21-15)14-6-2-4-10-19-14/h1-6,9-12H,7-8H2,(H,20,21,22). The highest BCUT2D eigenvalue weighted by atomic mass is 15.1. The Labute approximate surface area is 128 Å². The lowest BCUT2D eigenvalue weighted by molar-refractivity contribution is 1.07. The number of hydrogen-bond acceptors (Lipinski definition) is 5. The largest absolute Gasteiger partial charge is 0.367 e. The molecule has 4 rings (SSSR count). The molecule has 108 valence electrons. The van der Waals surface area contributed by atoms with Gasteiger partial charge in [-0.15, -0.1) is 0 Å². The summed E-state index contributed by atoms with van der Waals surface area (Å²) in [5.74, 6) is 1.45. The molecule has 0 aliphatic heterocycles. The first-order valence-electron chi connectivity index (χ1n) is 7.37. The highest BCUT2D eigenvalue weighted by molar-refractivity contribution is 5.63. The number of pyridine rings is 2. The molecule has 1 aliphatic rings. The summed E-state index contributed by atoms with van der Waals surface area (Å²) in [5.41, 5.74) is 2.40. The quantitative estimate of drug-likeness (QED) is 0.799. The fourth-order valence-corrected chi connectivity index (χ4v) is 2.21. The van der Waals surface area contributed by atoms with Crippen LogP contribution < -0.4 is 5.32 Å². The summed E-state index contributed by atoms with van der Waals surface area (Å²) < 4.78 is 0. The number of anilines is 1. The zero-order valence-corrected chi connectivity index (χ0v) is 12.0. The second kappa shape index (κ2) is 5.52. The molecule has 0 aromatic carbocycles. The van der Waals surface area contributed by atoms with Crippen molar-refractivity contribution in [1.82, 2.24) is 19.9 Å². The maximum Gasteiger partial charge on any atom is 0.180 e. The molecule has 1 fully saturated rings. The van der Waals surface area contributed by atoms with Gasteiger partial charge in [0.2, 0.25) is 0 Å². The van der Waals surface area contributed by atoms with E-state index in [1.807, 2.05) is 42.5 Å². The molecule has 0 amide bonds. The predicted molar refractivity (Wildman–Crippen MR) is 85.1 cm³/mol. The van der Waals surface area contributed by atoms with Crippen molar-refractivity contribution in [3.8, 4) is 22.9 Å². The molecule has 1 N–H and O–H groups in total. The Morgan fingerprint density at radius 2 is 1.55 bits per heavy atom. The summed E-state index contributed by atoms with van der Waals surface area (Å²) in [6.45, 7) is 0. The maximum atomic E-state index is 4.63. The highest BCUT2D eigenvalue weighted by Gasteiger charge is 2.22. The van der Waals surface area contributed by atoms with Crippen molar-refractivity contribution in [2.24, 2.45) is 0 Å². The Hall–Kier alpha value is -2.82. The Morgan fingerprint density at radius 3 is 2.18 bits per heavy atom. The van der Waals surface area contributed by atoms with Gasteiger partial charge in [0.05, 0.1) is 11.4 Å². The molecule has 5 nitrogen and oxygen atoms in total. The molecular weight excluding hydrogens is 274 g/mol. The first kappa shape index (κ1) is 12.9. The van der Waals surface area contributed by atoms with E-state index < -0.39 is 0 Å². The van der Waals surface area contributed by atoms with Gasteiger partial charge < -0.3 is 5.32 Å². The normalized spacial score (nSPS) is 13.8. The van der Waals surface area contributed by atoms with Crippen molar-refractivity contribution < 1.29 is 0 Å². The van der Waals surface area contributed by atoms with Gasteiger partial charge in [-0.1, -0.05) is 12.1 Å². The zero-order valence-electron chi connectivity index (χ0n) is 12.0. The van der Waals surface area contributed by atoms with Crippen molar-refractivity contribution in [3.63, 3.8) is 0 Å². The number of nitrogens with one attached hydrogen (secondary N) is 1. The van der Waals surface area contributed by atoms with Gasteiger partial charge in [-0.2, -0.15) is 0 Å². The van der Waals surface area contributed by atoms with Crippen LogP contribution >= 0.6 is 0 Å². The molecule has 3 aromatic heterocycles. The van der Waals surface area contributed by atoms with E-state index in [4.69, 9.17) is 0 Å². The topological polar surface area (TPSA) is 63.6 Å². The van der Waals surface area contributed by atoms with Crippen LogP contribution in [0.2, 0.25) is 0 Å². The molecule has 3 heterocycles. The summed E-state index contributed by atoms with van der Waals surface area (Å²) in [5, 5.41) is 3.43. The average Bonchev–Trinajstić information content (AvgIpc) is 3.40. The summed E-state index contributed by atoms with van der Waals surface area (Å²) in [4.78, 5) is 17.9. The first-order chi connectivity index (χ1) is 10.9. The lowest BCUT2D eigenvalue weighted by Gasteiger charge is -2.09. The molecule has 0 unspecified atom stereocenters. The van der Waals surface area contributed by atoms with Crippen molar-refractivity contribution in [2.45, 2.75) is 18.9 Å². The summed E-state index contributed by atoms with van der Waals surface area (Å²) in [7, 11) is 0. The van der Waals surface area contributed by atoms with E-state index in [1.54, 1.807) is 12.4 Å². The molecule has 0 atom stereocenters. The van der Waals surface area contributed by atoms with Crippen LogP contribution in [0.1, 0.15) is 12.8 Å².